The van der Waals surface area contributed by atoms with Gasteiger partial charge in [0.1, 0.15) is 0 Å². The Hall–Kier alpha value is -2.10. The Bertz CT molecular complexity index is 479. The predicted octanol–water partition coefficient (Wildman–Crippen LogP) is -0.514. The minimum atomic E-state index is -0.275. The maximum absolute atomic E-state index is 11.9. The fourth-order valence-electron chi connectivity index (χ4n) is 2.80. The molecule has 2 heterocycles. The van der Waals surface area contributed by atoms with Gasteiger partial charge in [-0.3, -0.25) is 14.4 Å². The lowest BCUT2D eigenvalue weighted by Crippen LogP contribution is -2.61. The molecule has 0 aromatic carbocycles. The van der Waals surface area contributed by atoms with Crippen LogP contribution in [-0.2, 0) is 14.4 Å². The molecule has 1 N–H and O–H groups in total. The van der Waals surface area contributed by atoms with Crippen LogP contribution in [0.3, 0.4) is 0 Å². The largest absolute Gasteiger partial charge is 0.359 e. The van der Waals surface area contributed by atoms with Crippen LogP contribution in [0.15, 0.2) is 0 Å². The van der Waals surface area contributed by atoms with Crippen molar-refractivity contribution in [3.05, 3.63) is 0 Å². The summed E-state index contributed by atoms with van der Waals surface area (Å²) in [4.78, 5) is 38.7. The third-order valence-corrected chi connectivity index (χ3v) is 4.11. The topological polar surface area (TPSA) is 93.5 Å². The van der Waals surface area contributed by atoms with Gasteiger partial charge >= 0.3 is 0 Å². The van der Waals surface area contributed by atoms with Crippen LogP contribution >= 0.6 is 0 Å². The highest BCUT2D eigenvalue weighted by molar-refractivity contribution is 5.89. The zero-order valence-corrected chi connectivity index (χ0v) is 12.2. The summed E-state index contributed by atoms with van der Waals surface area (Å²) in [6.45, 7) is 1.52. The fourth-order valence-corrected chi connectivity index (χ4v) is 2.80. The maximum Gasteiger partial charge on any atom is 0.225 e. The van der Waals surface area contributed by atoms with Crippen molar-refractivity contribution in [1.82, 2.24) is 15.1 Å². The Morgan fingerprint density at radius 1 is 1.38 bits per heavy atom. The van der Waals surface area contributed by atoms with E-state index in [0.29, 0.717) is 38.9 Å². The molecule has 2 fully saturated rings. The van der Waals surface area contributed by atoms with E-state index < -0.39 is 0 Å². The first-order chi connectivity index (χ1) is 10.1. The Kier molecular flexibility index (Phi) is 4.78. The number of nitrogens with zero attached hydrogens (tertiary/aromatic N) is 3. The Labute approximate surface area is 123 Å². The Morgan fingerprint density at radius 2 is 2.10 bits per heavy atom. The van der Waals surface area contributed by atoms with Gasteiger partial charge in [0.2, 0.25) is 17.7 Å². The van der Waals surface area contributed by atoms with Crippen molar-refractivity contribution in [1.29, 1.82) is 5.26 Å². The first-order valence-corrected chi connectivity index (χ1v) is 7.22. The molecule has 2 saturated heterocycles. The van der Waals surface area contributed by atoms with Gasteiger partial charge in [0.15, 0.2) is 0 Å². The van der Waals surface area contributed by atoms with Gasteiger partial charge in [-0.05, 0) is 6.42 Å². The lowest BCUT2D eigenvalue weighted by molar-refractivity contribution is -0.144. The highest BCUT2D eigenvalue weighted by Gasteiger charge is 2.42. The van der Waals surface area contributed by atoms with Crippen molar-refractivity contribution in [2.24, 2.45) is 5.92 Å². The average molecular weight is 292 g/mol. The van der Waals surface area contributed by atoms with Gasteiger partial charge in [-0.25, -0.2) is 0 Å². The quantitative estimate of drug-likeness (QED) is 0.690. The summed E-state index contributed by atoms with van der Waals surface area (Å²) >= 11 is 0. The smallest absolute Gasteiger partial charge is 0.225 e. The van der Waals surface area contributed by atoms with Crippen LogP contribution in [0.1, 0.15) is 25.7 Å². The molecule has 3 amide bonds. The number of nitrogens with one attached hydrogen (secondary N) is 1. The van der Waals surface area contributed by atoms with E-state index in [9.17, 15) is 14.4 Å². The number of unbranched alkanes of at least 4 members (excludes halogenated alkanes) is 1. The summed E-state index contributed by atoms with van der Waals surface area (Å²) < 4.78 is 0. The molecule has 0 aromatic heterocycles. The summed E-state index contributed by atoms with van der Waals surface area (Å²) in [6, 6.07) is 2.05. The molecule has 2 aliphatic rings. The molecule has 0 radical (unpaired) electrons. The fraction of sp³-hybridized carbons (Fsp3) is 0.714. The zero-order valence-electron chi connectivity index (χ0n) is 12.2. The van der Waals surface area contributed by atoms with E-state index in [4.69, 9.17) is 5.26 Å². The van der Waals surface area contributed by atoms with Crippen LogP contribution in [-0.4, -0.2) is 60.2 Å². The summed E-state index contributed by atoms with van der Waals surface area (Å²) in [5.74, 6) is -0.348. The number of nitriles is 1. The molecule has 0 bridgehead atoms. The van der Waals surface area contributed by atoms with Crippen LogP contribution in [0, 0.1) is 17.2 Å². The number of amides is 3. The third-order valence-electron chi connectivity index (χ3n) is 4.11. The molecule has 2 aliphatic heterocycles. The second kappa shape index (κ2) is 6.57. The minimum absolute atomic E-state index is 0.00909. The highest BCUT2D eigenvalue weighted by Crippen LogP contribution is 2.25. The average Bonchev–Trinajstić information content (AvgIpc) is 2.79. The minimum Gasteiger partial charge on any atom is -0.359 e. The van der Waals surface area contributed by atoms with Crippen molar-refractivity contribution in [2.45, 2.75) is 31.7 Å². The van der Waals surface area contributed by atoms with Gasteiger partial charge in [-0.2, -0.15) is 5.26 Å². The molecule has 2 rings (SSSR count). The first-order valence-electron chi connectivity index (χ1n) is 7.22. The molecule has 7 heteroatoms. The van der Waals surface area contributed by atoms with Crippen molar-refractivity contribution < 1.29 is 14.4 Å². The SMILES string of the molecule is CNC(=O)C1CC(=O)N(C2CN(C(=O)CCCC#N)C2)C1. The number of hydrogen-bond acceptors (Lipinski definition) is 4. The van der Waals surface area contributed by atoms with Crippen LogP contribution < -0.4 is 5.32 Å². The first kappa shape index (κ1) is 15.3. The summed E-state index contributed by atoms with van der Waals surface area (Å²) in [6.07, 6.45) is 1.61. The predicted molar refractivity (Wildman–Crippen MR) is 73.7 cm³/mol. The van der Waals surface area contributed by atoms with Crippen LogP contribution in [0.25, 0.3) is 0 Å². The van der Waals surface area contributed by atoms with Crippen molar-refractivity contribution in [2.75, 3.05) is 26.7 Å². The van der Waals surface area contributed by atoms with E-state index in [2.05, 4.69) is 5.32 Å². The van der Waals surface area contributed by atoms with Gasteiger partial charge < -0.3 is 15.1 Å². The van der Waals surface area contributed by atoms with Crippen molar-refractivity contribution >= 4 is 17.7 Å². The van der Waals surface area contributed by atoms with E-state index >= 15 is 0 Å². The second-order valence-corrected chi connectivity index (χ2v) is 5.53. The summed E-state index contributed by atoms with van der Waals surface area (Å²) in [5.41, 5.74) is 0. The van der Waals surface area contributed by atoms with Crippen LogP contribution in [0.5, 0.6) is 0 Å². The molecular formula is C14H20N4O3. The molecule has 114 valence electrons. The van der Waals surface area contributed by atoms with Gasteiger partial charge in [0.05, 0.1) is 18.0 Å². The lowest BCUT2D eigenvalue weighted by atomic mass is 10.1. The van der Waals surface area contributed by atoms with Gasteiger partial charge in [-0.15, -0.1) is 0 Å². The van der Waals surface area contributed by atoms with Gasteiger partial charge in [0, 0.05) is 45.9 Å². The van der Waals surface area contributed by atoms with Crippen molar-refractivity contribution in [3.63, 3.8) is 0 Å². The molecule has 0 aromatic rings. The molecule has 0 aliphatic carbocycles. The Balaban J connectivity index is 1.77. The number of carbonyl (C=O) groups is 3. The molecule has 7 nitrogen and oxygen atoms in total. The Morgan fingerprint density at radius 3 is 2.71 bits per heavy atom. The van der Waals surface area contributed by atoms with Crippen LogP contribution in [0.4, 0.5) is 0 Å². The molecular weight excluding hydrogens is 272 g/mol. The number of likely N-dealkylation sites (tertiary alicyclic amines) is 2. The van der Waals surface area contributed by atoms with E-state index in [1.54, 1.807) is 16.8 Å². The van der Waals surface area contributed by atoms with E-state index in [1.807, 2.05) is 6.07 Å². The zero-order chi connectivity index (χ0) is 15.4. The maximum atomic E-state index is 11.9. The van der Waals surface area contributed by atoms with Gasteiger partial charge in [-0.1, -0.05) is 0 Å². The van der Waals surface area contributed by atoms with E-state index in [0.717, 1.165) is 0 Å². The third kappa shape index (κ3) is 3.32. The van der Waals surface area contributed by atoms with E-state index in [-0.39, 0.29) is 36.1 Å². The normalized spacial score (nSPS) is 21.9. The number of carbonyl (C=O) groups excluding carboxylic acids is 3. The lowest BCUT2D eigenvalue weighted by Gasteiger charge is -2.44. The monoisotopic (exact) mass is 292 g/mol. The van der Waals surface area contributed by atoms with Crippen LogP contribution in [0.2, 0.25) is 0 Å². The number of rotatable bonds is 5. The second-order valence-electron chi connectivity index (χ2n) is 5.53. The van der Waals surface area contributed by atoms with E-state index in [1.165, 1.54) is 0 Å². The number of hydrogen-bond donors (Lipinski definition) is 1. The highest BCUT2D eigenvalue weighted by atomic mass is 16.2. The molecule has 0 saturated carbocycles. The molecule has 21 heavy (non-hydrogen) atoms. The standard InChI is InChI=1S/C14H20N4O3/c1-16-14(21)10-6-13(20)18(7-10)11-8-17(9-11)12(19)4-2-3-5-15/h10-11H,2-4,6-9H2,1H3,(H,16,21). The molecule has 1 unspecified atom stereocenters. The summed E-state index contributed by atoms with van der Waals surface area (Å²) in [7, 11) is 1.57. The van der Waals surface area contributed by atoms with Crippen molar-refractivity contribution in [3.8, 4) is 6.07 Å². The molecule has 0 spiro atoms. The molecule has 1 atom stereocenters. The van der Waals surface area contributed by atoms with Gasteiger partial charge in [0.25, 0.3) is 0 Å². The summed E-state index contributed by atoms with van der Waals surface area (Å²) in [5, 5.41) is 11.0.